The Morgan fingerprint density at radius 1 is 1.24 bits per heavy atom. The van der Waals surface area contributed by atoms with Crippen molar-refractivity contribution in [3.8, 4) is 5.75 Å². The number of rotatable bonds is 7. The number of unbranched alkanes of at least 4 members (excludes halogenated alkanes) is 1. The van der Waals surface area contributed by atoms with Gasteiger partial charge in [-0.15, -0.1) is 0 Å². The fraction of sp³-hybridized carbons (Fsp3) is 0.538. The molecule has 2 unspecified atom stereocenters. The van der Waals surface area contributed by atoms with Crippen molar-refractivity contribution in [2.45, 2.75) is 32.0 Å². The highest BCUT2D eigenvalue weighted by atomic mass is 32.1. The van der Waals surface area contributed by atoms with Gasteiger partial charge in [-0.05, 0) is 24.1 Å². The van der Waals surface area contributed by atoms with Crippen LogP contribution in [0.2, 0.25) is 0 Å². The lowest BCUT2D eigenvalue weighted by molar-refractivity contribution is 0.0337. The van der Waals surface area contributed by atoms with Crippen LogP contribution in [0, 0.1) is 0 Å². The number of hydrogen-bond acceptors (Lipinski definition) is 4. The zero-order chi connectivity index (χ0) is 12.7. The Bertz CT molecular complexity index is 313. The van der Waals surface area contributed by atoms with Crippen LogP contribution in [0.3, 0.4) is 0 Å². The summed E-state index contributed by atoms with van der Waals surface area (Å²) in [6, 6.07) is 7.14. The SMILES string of the molecule is CCCCOc1ccc(C(O)C(O)CS)cc1. The summed E-state index contributed by atoms with van der Waals surface area (Å²) < 4.78 is 5.51. The quantitative estimate of drug-likeness (QED) is 0.518. The Kier molecular flexibility index (Phi) is 6.40. The van der Waals surface area contributed by atoms with E-state index in [-0.39, 0.29) is 5.75 Å². The minimum absolute atomic E-state index is 0.232. The van der Waals surface area contributed by atoms with E-state index in [2.05, 4.69) is 19.6 Å². The maximum atomic E-state index is 9.75. The van der Waals surface area contributed by atoms with Crippen molar-refractivity contribution in [3.63, 3.8) is 0 Å². The smallest absolute Gasteiger partial charge is 0.119 e. The topological polar surface area (TPSA) is 49.7 Å². The average molecular weight is 256 g/mol. The molecule has 3 nitrogen and oxygen atoms in total. The van der Waals surface area contributed by atoms with E-state index in [1.165, 1.54) is 0 Å². The van der Waals surface area contributed by atoms with E-state index in [1.807, 2.05) is 0 Å². The molecule has 0 fully saturated rings. The van der Waals surface area contributed by atoms with Gasteiger partial charge in [0.2, 0.25) is 0 Å². The summed E-state index contributed by atoms with van der Waals surface area (Å²) in [7, 11) is 0. The van der Waals surface area contributed by atoms with Crippen LogP contribution in [0.25, 0.3) is 0 Å². The van der Waals surface area contributed by atoms with Crippen molar-refractivity contribution in [1.29, 1.82) is 0 Å². The van der Waals surface area contributed by atoms with Crippen molar-refractivity contribution >= 4 is 12.6 Å². The molecule has 1 aromatic carbocycles. The number of ether oxygens (including phenoxy) is 1. The van der Waals surface area contributed by atoms with E-state index >= 15 is 0 Å². The fourth-order valence-corrected chi connectivity index (χ4v) is 1.62. The first-order chi connectivity index (χ1) is 8.19. The predicted molar refractivity (Wildman–Crippen MR) is 71.7 cm³/mol. The molecular weight excluding hydrogens is 236 g/mol. The van der Waals surface area contributed by atoms with Gasteiger partial charge in [0.05, 0.1) is 12.7 Å². The van der Waals surface area contributed by atoms with Gasteiger partial charge in [0.15, 0.2) is 0 Å². The first-order valence-corrected chi connectivity index (χ1v) is 6.52. The molecule has 0 saturated carbocycles. The third-order valence-electron chi connectivity index (χ3n) is 2.54. The standard InChI is InChI=1S/C13H20O3S/c1-2-3-8-16-11-6-4-10(5-7-11)13(15)12(14)9-17/h4-7,12-15,17H,2-3,8-9H2,1H3. The molecule has 0 radical (unpaired) electrons. The third kappa shape index (κ3) is 4.58. The van der Waals surface area contributed by atoms with Gasteiger partial charge >= 0.3 is 0 Å². The van der Waals surface area contributed by atoms with Crippen LogP contribution in [0.5, 0.6) is 5.75 Å². The van der Waals surface area contributed by atoms with Gasteiger partial charge in [-0.3, -0.25) is 0 Å². The molecule has 0 aliphatic rings. The van der Waals surface area contributed by atoms with E-state index in [0.717, 1.165) is 18.6 Å². The highest BCUT2D eigenvalue weighted by Crippen LogP contribution is 2.21. The summed E-state index contributed by atoms with van der Waals surface area (Å²) in [4.78, 5) is 0. The molecule has 0 spiro atoms. The molecule has 0 aliphatic carbocycles. The van der Waals surface area contributed by atoms with Gasteiger partial charge < -0.3 is 14.9 Å². The number of benzene rings is 1. The molecule has 0 amide bonds. The van der Waals surface area contributed by atoms with Crippen LogP contribution in [-0.2, 0) is 0 Å². The molecule has 0 aliphatic heterocycles. The normalized spacial score (nSPS) is 14.4. The molecule has 0 saturated heterocycles. The van der Waals surface area contributed by atoms with Crippen molar-refractivity contribution in [2.75, 3.05) is 12.4 Å². The highest BCUT2D eigenvalue weighted by molar-refractivity contribution is 7.80. The van der Waals surface area contributed by atoms with Crippen LogP contribution >= 0.6 is 12.6 Å². The minimum Gasteiger partial charge on any atom is -0.494 e. The lowest BCUT2D eigenvalue weighted by atomic mass is 10.1. The Balaban J connectivity index is 2.55. The zero-order valence-electron chi connectivity index (χ0n) is 10.0. The highest BCUT2D eigenvalue weighted by Gasteiger charge is 2.16. The first-order valence-electron chi connectivity index (χ1n) is 5.88. The molecular formula is C13H20O3S. The number of thiol groups is 1. The molecule has 1 rings (SSSR count). The van der Waals surface area contributed by atoms with E-state index < -0.39 is 12.2 Å². The summed E-state index contributed by atoms with van der Waals surface area (Å²) in [5, 5.41) is 19.2. The fourth-order valence-electron chi connectivity index (χ4n) is 1.42. The predicted octanol–water partition coefficient (Wildman–Crippen LogP) is 2.19. The summed E-state index contributed by atoms with van der Waals surface area (Å²) in [5.41, 5.74) is 0.675. The third-order valence-corrected chi connectivity index (χ3v) is 2.91. The first kappa shape index (κ1) is 14.4. The average Bonchev–Trinajstić information content (AvgIpc) is 2.38. The largest absolute Gasteiger partial charge is 0.494 e. The Hall–Kier alpha value is -0.710. The van der Waals surface area contributed by atoms with Gasteiger partial charge in [0, 0.05) is 5.75 Å². The molecule has 0 heterocycles. The molecule has 1 aromatic rings. The van der Waals surface area contributed by atoms with E-state index in [4.69, 9.17) is 4.74 Å². The minimum atomic E-state index is -0.891. The van der Waals surface area contributed by atoms with E-state index in [9.17, 15) is 10.2 Å². The number of aliphatic hydroxyl groups excluding tert-OH is 2. The van der Waals surface area contributed by atoms with Crippen LogP contribution < -0.4 is 4.74 Å². The zero-order valence-corrected chi connectivity index (χ0v) is 10.9. The van der Waals surface area contributed by atoms with Gasteiger partial charge in [0.1, 0.15) is 11.9 Å². The van der Waals surface area contributed by atoms with Crippen LogP contribution in [0.1, 0.15) is 31.4 Å². The Morgan fingerprint density at radius 2 is 1.88 bits per heavy atom. The van der Waals surface area contributed by atoms with Crippen molar-refractivity contribution in [2.24, 2.45) is 0 Å². The van der Waals surface area contributed by atoms with E-state index in [1.54, 1.807) is 24.3 Å². The maximum absolute atomic E-state index is 9.75. The summed E-state index contributed by atoms with van der Waals surface area (Å²) in [5.74, 6) is 1.02. The second kappa shape index (κ2) is 7.58. The Morgan fingerprint density at radius 3 is 2.41 bits per heavy atom. The van der Waals surface area contributed by atoms with Crippen LogP contribution in [-0.4, -0.2) is 28.7 Å². The van der Waals surface area contributed by atoms with Crippen LogP contribution in [0.4, 0.5) is 0 Å². The summed E-state index contributed by atoms with van der Waals surface area (Å²) >= 11 is 3.95. The summed E-state index contributed by atoms with van der Waals surface area (Å²) in [6.45, 7) is 2.82. The van der Waals surface area contributed by atoms with Crippen LogP contribution in [0.15, 0.2) is 24.3 Å². The van der Waals surface area contributed by atoms with Crippen molar-refractivity contribution < 1.29 is 14.9 Å². The maximum Gasteiger partial charge on any atom is 0.119 e. The molecule has 0 aromatic heterocycles. The lowest BCUT2D eigenvalue weighted by Gasteiger charge is -2.16. The number of aliphatic hydroxyl groups is 2. The molecule has 96 valence electrons. The second-order valence-electron chi connectivity index (χ2n) is 3.97. The van der Waals surface area contributed by atoms with Gasteiger partial charge in [-0.1, -0.05) is 25.5 Å². The Labute approximate surface area is 108 Å². The van der Waals surface area contributed by atoms with E-state index in [0.29, 0.717) is 12.2 Å². The molecule has 2 N–H and O–H groups in total. The monoisotopic (exact) mass is 256 g/mol. The lowest BCUT2D eigenvalue weighted by Crippen LogP contribution is -2.19. The molecule has 0 bridgehead atoms. The van der Waals surface area contributed by atoms with Crippen molar-refractivity contribution in [3.05, 3.63) is 29.8 Å². The van der Waals surface area contributed by atoms with Crippen molar-refractivity contribution in [1.82, 2.24) is 0 Å². The number of hydrogen-bond donors (Lipinski definition) is 3. The van der Waals surface area contributed by atoms with Gasteiger partial charge in [0.25, 0.3) is 0 Å². The second-order valence-corrected chi connectivity index (χ2v) is 4.33. The summed E-state index contributed by atoms with van der Waals surface area (Å²) in [6.07, 6.45) is 0.399. The molecule has 2 atom stereocenters. The van der Waals surface area contributed by atoms with Gasteiger partial charge in [-0.25, -0.2) is 0 Å². The molecule has 17 heavy (non-hydrogen) atoms. The molecule has 4 heteroatoms. The van der Waals surface area contributed by atoms with Gasteiger partial charge in [-0.2, -0.15) is 12.6 Å².